The van der Waals surface area contributed by atoms with Gasteiger partial charge in [0.25, 0.3) is 0 Å². The fourth-order valence-corrected chi connectivity index (χ4v) is 2.87. The molecule has 0 N–H and O–H groups in total. The van der Waals surface area contributed by atoms with Crippen LogP contribution in [0.3, 0.4) is 0 Å². The Bertz CT molecular complexity index is 917. The minimum absolute atomic E-state index is 0.170. The Hall–Kier alpha value is -2.55. The number of benzene rings is 3. The highest BCUT2D eigenvalue weighted by Crippen LogP contribution is 2.22. The second kappa shape index (κ2) is 8.70. The van der Waals surface area contributed by atoms with Gasteiger partial charge in [-0.2, -0.15) is 0 Å². The monoisotopic (exact) mass is 382 g/mol. The zero-order chi connectivity index (χ0) is 18.4. The normalized spacial score (nSPS) is 10.8. The molecule has 130 valence electrons. The highest BCUT2D eigenvalue weighted by molar-refractivity contribution is 6.37. The zero-order valence-electron chi connectivity index (χ0n) is 13.9. The number of ether oxygens (including phenoxy) is 1. The molecule has 0 unspecified atom stereocenters. The van der Waals surface area contributed by atoms with E-state index in [0.29, 0.717) is 22.2 Å². The third kappa shape index (κ3) is 4.98. The lowest BCUT2D eigenvalue weighted by atomic mass is 10.1. The molecule has 0 amide bonds. The summed E-state index contributed by atoms with van der Waals surface area (Å²) >= 11 is 11.9. The van der Waals surface area contributed by atoms with E-state index in [1.54, 1.807) is 24.3 Å². The Kier molecular flexibility index (Phi) is 6.11. The van der Waals surface area contributed by atoms with Crippen LogP contribution < -0.4 is 4.74 Å². The van der Waals surface area contributed by atoms with Gasteiger partial charge in [-0.1, -0.05) is 71.7 Å². The second-order valence-electron chi connectivity index (χ2n) is 5.67. The summed E-state index contributed by atoms with van der Waals surface area (Å²) in [6.45, 7) is 0.517. The molecule has 0 aliphatic carbocycles. The van der Waals surface area contributed by atoms with E-state index in [2.05, 4.69) is 0 Å². The van der Waals surface area contributed by atoms with Gasteiger partial charge < -0.3 is 4.74 Å². The van der Waals surface area contributed by atoms with Crippen molar-refractivity contribution in [1.29, 1.82) is 0 Å². The minimum Gasteiger partial charge on any atom is -0.489 e. The average molecular weight is 383 g/mol. The van der Waals surface area contributed by atoms with Crippen LogP contribution in [0.4, 0.5) is 0 Å². The summed E-state index contributed by atoms with van der Waals surface area (Å²) in [5, 5.41) is 0.846. The Morgan fingerprint density at radius 2 is 1.65 bits per heavy atom. The molecule has 0 atom stereocenters. The largest absolute Gasteiger partial charge is 0.489 e. The molecule has 0 radical (unpaired) electrons. The van der Waals surface area contributed by atoms with Crippen molar-refractivity contribution in [2.24, 2.45) is 0 Å². The molecule has 3 aromatic carbocycles. The summed E-state index contributed by atoms with van der Waals surface area (Å²) in [6.07, 6.45) is 3.24. The number of carbonyl (C=O) groups is 1. The molecule has 0 saturated heterocycles. The molecule has 0 aromatic heterocycles. The average Bonchev–Trinajstić information content (AvgIpc) is 2.66. The lowest BCUT2D eigenvalue weighted by molar-refractivity contribution is 0.104. The molecule has 4 heteroatoms. The van der Waals surface area contributed by atoms with E-state index in [1.165, 1.54) is 6.08 Å². The zero-order valence-corrected chi connectivity index (χ0v) is 15.4. The fraction of sp³-hybridized carbons (Fsp3) is 0.0455. The summed E-state index contributed by atoms with van der Waals surface area (Å²) in [5.41, 5.74) is 2.44. The predicted octanol–water partition coefficient (Wildman–Crippen LogP) is 6.47. The van der Waals surface area contributed by atoms with Crippen LogP contribution in [-0.2, 0) is 6.61 Å². The molecule has 0 saturated carbocycles. The first-order chi connectivity index (χ1) is 12.6. The van der Waals surface area contributed by atoms with E-state index in [4.69, 9.17) is 27.9 Å². The lowest BCUT2D eigenvalue weighted by Gasteiger charge is -2.06. The van der Waals surface area contributed by atoms with Crippen LogP contribution in [0.25, 0.3) is 6.08 Å². The molecule has 3 rings (SSSR count). The summed E-state index contributed by atoms with van der Waals surface area (Å²) in [7, 11) is 0. The maximum Gasteiger partial charge on any atom is 0.187 e. The molecule has 2 nitrogen and oxygen atoms in total. The Morgan fingerprint density at radius 3 is 2.35 bits per heavy atom. The number of hydrogen-bond acceptors (Lipinski definition) is 2. The predicted molar refractivity (Wildman–Crippen MR) is 107 cm³/mol. The quantitative estimate of drug-likeness (QED) is 0.360. The van der Waals surface area contributed by atoms with Gasteiger partial charge in [0, 0.05) is 10.6 Å². The molecule has 3 aromatic rings. The third-order valence-corrected chi connectivity index (χ3v) is 4.30. The molecule has 0 fully saturated rings. The number of carbonyl (C=O) groups excluding carboxylic acids is 1. The number of ketones is 1. The molecule has 0 spiro atoms. The molecule has 0 aliphatic heterocycles. The smallest absolute Gasteiger partial charge is 0.187 e. The van der Waals surface area contributed by atoms with E-state index in [0.717, 1.165) is 16.9 Å². The van der Waals surface area contributed by atoms with Crippen LogP contribution >= 0.6 is 23.2 Å². The van der Waals surface area contributed by atoms with Crippen molar-refractivity contribution in [1.82, 2.24) is 0 Å². The van der Waals surface area contributed by atoms with Gasteiger partial charge >= 0.3 is 0 Å². The van der Waals surface area contributed by atoms with Crippen LogP contribution in [0.1, 0.15) is 21.5 Å². The van der Waals surface area contributed by atoms with Gasteiger partial charge in [-0.05, 0) is 47.5 Å². The van der Waals surface area contributed by atoms with Crippen molar-refractivity contribution in [2.75, 3.05) is 0 Å². The topological polar surface area (TPSA) is 26.3 Å². The third-order valence-electron chi connectivity index (χ3n) is 3.75. The van der Waals surface area contributed by atoms with Crippen molar-refractivity contribution in [3.05, 3.63) is 106 Å². The Labute approximate surface area is 162 Å². The molecular weight excluding hydrogens is 367 g/mol. The molecule has 0 aliphatic rings. The summed E-state index contributed by atoms with van der Waals surface area (Å²) in [6, 6.07) is 22.4. The minimum atomic E-state index is -0.170. The molecule has 26 heavy (non-hydrogen) atoms. The van der Waals surface area contributed by atoms with Gasteiger partial charge in [0.15, 0.2) is 5.78 Å². The number of allylic oxidation sites excluding steroid dienone is 1. The van der Waals surface area contributed by atoms with Gasteiger partial charge in [-0.3, -0.25) is 4.79 Å². The van der Waals surface area contributed by atoms with E-state index in [9.17, 15) is 4.79 Å². The van der Waals surface area contributed by atoms with Crippen LogP contribution in [0.5, 0.6) is 5.75 Å². The van der Waals surface area contributed by atoms with Gasteiger partial charge in [0.05, 0.1) is 5.02 Å². The van der Waals surface area contributed by atoms with Gasteiger partial charge in [-0.25, -0.2) is 0 Å². The van der Waals surface area contributed by atoms with Crippen LogP contribution in [0.15, 0.2) is 78.9 Å². The van der Waals surface area contributed by atoms with Gasteiger partial charge in [0.2, 0.25) is 0 Å². The Morgan fingerprint density at radius 1 is 0.923 bits per heavy atom. The standard InChI is InChI=1S/C22H16Cl2O2/c23-18-9-12-20(21(24)14-18)22(25)13-8-16-6-10-19(11-7-16)26-15-17-4-2-1-3-5-17/h1-14H,15H2. The summed E-state index contributed by atoms with van der Waals surface area (Å²) in [5.74, 6) is 0.606. The number of hydrogen-bond donors (Lipinski definition) is 0. The van der Waals surface area contributed by atoms with Gasteiger partial charge in [-0.15, -0.1) is 0 Å². The first-order valence-electron chi connectivity index (χ1n) is 8.06. The van der Waals surface area contributed by atoms with E-state index in [1.807, 2.05) is 54.6 Å². The first-order valence-corrected chi connectivity index (χ1v) is 8.82. The maximum absolute atomic E-state index is 12.2. The second-order valence-corrected chi connectivity index (χ2v) is 6.51. The molecule has 0 bridgehead atoms. The highest BCUT2D eigenvalue weighted by atomic mass is 35.5. The van der Waals surface area contributed by atoms with Crippen molar-refractivity contribution in [3.8, 4) is 5.75 Å². The lowest BCUT2D eigenvalue weighted by Crippen LogP contribution is -1.95. The van der Waals surface area contributed by atoms with Crippen molar-refractivity contribution < 1.29 is 9.53 Å². The van der Waals surface area contributed by atoms with E-state index >= 15 is 0 Å². The number of rotatable bonds is 6. The maximum atomic E-state index is 12.2. The van der Waals surface area contributed by atoms with Crippen LogP contribution in [-0.4, -0.2) is 5.78 Å². The highest BCUT2D eigenvalue weighted by Gasteiger charge is 2.07. The van der Waals surface area contributed by atoms with Gasteiger partial charge in [0.1, 0.15) is 12.4 Å². The fourth-order valence-electron chi connectivity index (χ4n) is 2.37. The molecule has 0 heterocycles. The number of halogens is 2. The van der Waals surface area contributed by atoms with Crippen LogP contribution in [0, 0.1) is 0 Å². The van der Waals surface area contributed by atoms with Crippen molar-refractivity contribution >= 4 is 35.1 Å². The Balaban J connectivity index is 1.61. The van der Waals surface area contributed by atoms with Crippen molar-refractivity contribution in [3.63, 3.8) is 0 Å². The summed E-state index contributed by atoms with van der Waals surface area (Å²) < 4.78 is 5.75. The summed E-state index contributed by atoms with van der Waals surface area (Å²) in [4.78, 5) is 12.2. The van der Waals surface area contributed by atoms with E-state index in [-0.39, 0.29) is 5.78 Å². The van der Waals surface area contributed by atoms with E-state index < -0.39 is 0 Å². The van der Waals surface area contributed by atoms with Crippen molar-refractivity contribution in [2.45, 2.75) is 6.61 Å². The first kappa shape index (κ1) is 18.2. The van der Waals surface area contributed by atoms with Crippen LogP contribution in [0.2, 0.25) is 10.0 Å². The molecular formula is C22H16Cl2O2. The SMILES string of the molecule is O=C(C=Cc1ccc(OCc2ccccc2)cc1)c1ccc(Cl)cc1Cl.